The molecule has 0 aromatic heterocycles. The molecule has 1 aliphatic carbocycles. The van der Waals surface area contributed by atoms with Crippen molar-refractivity contribution in [3.63, 3.8) is 0 Å². The molecule has 1 saturated carbocycles. The molecule has 29 heavy (non-hydrogen) atoms. The Kier molecular flexibility index (Phi) is 4.40. The summed E-state index contributed by atoms with van der Waals surface area (Å²) in [5.74, 6) is -2.13. The van der Waals surface area contributed by atoms with Crippen LogP contribution in [0.5, 0.6) is 0 Å². The molecule has 0 bridgehead atoms. The van der Waals surface area contributed by atoms with E-state index in [1.807, 2.05) is 0 Å². The van der Waals surface area contributed by atoms with Crippen LogP contribution in [-0.4, -0.2) is 52.0 Å². The van der Waals surface area contributed by atoms with Gasteiger partial charge in [-0.2, -0.15) is 0 Å². The van der Waals surface area contributed by atoms with Gasteiger partial charge in [0.25, 0.3) is 11.8 Å². The summed E-state index contributed by atoms with van der Waals surface area (Å²) in [4.78, 5) is 57.5. The number of likely N-dealkylation sites (tertiary alicyclic amines) is 1. The molecule has 1 saturated heterocycles. The number of ether oxygens (including phenoxy) is 1. The second-order valence-corrected chi connectivity index (χ2v) is 8.90. The fourth-order valence-corrected chi connectivity index (χ4v) is 4.38. The van der Waals surface area contributed by atoms with Gasteiger partial charge in [0.05, 0.1) is 11.1 Å². The zero-order valence-electron chi connectivity index (χ0n) is 16.8. The Hall–Kier alpha value is -2.90. The first kappa shape index (κ1) is 19.4. The maximum absolute atomic E-state index is 13.1. The average Bonchev–Trinajstić information content (AvgIpc) is 3.13. The standard InChI is InChI=1S/C21H24N2O6/c1-20(2,3)28-19(27)22-12-11-21(9-6-10-21)15(22)18(26)29-23-16(24)13-7-4-5-8-14(13)17(23)25/h4-5,7-8,15H,6,9-12H2,1-3H3. The lowest BCUT2D eigenvalue weighted by molar-refractivity contribution is -0.179. The predicted octanol–water partition coefficient (Wildman–Crippen LogP) is 2.92. The molecule has 0 N–H and O–H groups in total. The number of benzene rings is 1. The minimum atomic E-state index is -0.879. The van der Waals surface area contributed by atoms with Gasteiger partial charge in [0.1, 0.15) is 11.6 Å². The summed E-state index contributed by atoms with van der Waals surface area (Å²) in [5.41, 5.74) is -0.700. The lowest BCUT2D eigenvalue weighted by atomic mass is 9.64. The zero-order valence-corrected chi connectivity index (χ0v) is 16.8. The molecule has 3 aliphatic rings. The van der Waals surface area contributed by atoms with Crippen molar-refractivity contribution in [2.75, 3.05) is 6.54 Å². The van der Waals surface area contributed by atoms with Crippen molar-refractivity contribution in [3.8, 4) is 0 Å². The van der Waals surface area contributed by atoms with Gasteiger partial charge in [-0.05, 0) is 52.2 Å². The van der Waals surface area contributed by atoms with Crippen molar-refractivity contribution < 1.29 is 28.8 Å². The van der Waals surface area contributed by atoms with Gasteiger partial charge in [0.15, 0.2) is 0 Å². The minimum absolute atomic E-state index is 0.194. The Morgan fingerprint density at radius 2 is 1.62 bits per heavy atom. The monoisotopic (exact) mass is 400 g/mol. The first-order valence-corrected chi connectivity index (χ1v) is 9.82. The highest BCUT2D eigenvalue weighted by Crippen LogP contribution is 2.53. The van der Waals surface area contributed by atoms with Crippen molar-refractivity contribution in [2.45, 2.75) is 58.1 Å². The van der Waals surface area contributed by atoms with Crippen LogP contribution < -0.4 is 0 Å². The van der Waals surface area contributed by atoms with E-state index in [4.69, 9.17) is 9.57 Å². The molecule has 8 heteroatoms. The lowest BCUT2D eigenvalue weighted by Crippen LogP contribution is -2.54. The summed E-state index contributed by atoms with van der Waals surface area (Å²) in [7, 11) is 0. The fourth-order valence-electron chi connectivity index (χ4n) is 4.38. The highest BCUT2D eigenvalue weighted by atomic mass is 16.7. The third kappa shape index (κ3) is 3.16. The molecule has 2 aliphatic heterocycles. The molecule has 2 fully saturated rings. The number of fused-ring (bicyclic) bond motifs is 1. The van der Waals surface area contributed by atoms with Crippen LogP contribution in [0.3, 0.4) is 0 Å². The summed E-state index contributed by atoms with van der Waals surface area (Å²) in [6, 6.07) is 5.42. The Morgan fingerprint density at radius 3 is 2.10 bits per heavy atom. The molecular formula is C21H24N2O6. The van der Waals surface area contributed by atoms with Gasteiger partial charge in [0.2, 0.25) is 0 Å². The van der Waals surface area contributed by atoms with E-state index in [1.165, 1.54) is 17.0 Å². The topological polar surface area (TPSA) is 93.2 Å². The van der Waals surface area contributed by atoms with E-state index in [9.17, 15) is 19.2 Å². The van der Waals surface area contributed by atoms with Crippen molar-refractivity contribution in [2.24, 2.45) is 5.41 Å². The van der Waals surface area contributed by atoms with E-state index in [2.05, 4.69) is 0 Å². The summed E-state index contributed by atoms with van der Waals surface area (Å²) >= 11 is 0. The van der Waals surface area contributed by atoms with Crippen LogP contribution in [0, 0.1) is 5.41 Å². The van der Waals surface area contributed by atoms with Crippen LogP contribution >= 0.6 is 0 Å². The van der Waals surface area contributed by atoms with E-state index < -0.39 is 35.5 Å². The third-order valence-electron chi connectivity index (χ3n) is 5.88. The number of nitrogens with zero attached hydrogens (tertiary/aromatic N) is 2. The molecule has 1 spiro atoms. The minimum Gasteiger partial charge on any atom is -0.444 e. The summed E-state index contributed by atoms with van der Waals surface area (Å²) in [6.45, 7) is 5.64. The Morgan fingerprint density at radius 1 is 1.03 bits per heavy atom. The number of hydroxylamine groups is 2. The highest BCUT2D eigenvalue weighted by molar-refractivity contribution is 6.21. The molecular weight excluding hydrogens is 376 g/mol. The van der Waals surface area contributed by atoms with Gasteiger partial charge in [-0.1, -0.05) is 23.6 Å². The first-order chi connectivity index (χ1) is 13.6. The normalized spacial score (nSPS) is 22.5. The van der Waals surface area contributed by atoms with Crippen LogP contribution in [0.15, 0.2) is 24.3 Å². The van der Waals surface area contributed by atoms with E-state index in [0.29, 0.717) is 18.0 Å². The van der Waals surface area contributed by atoms with Crippen LogP contribution in [-0.2, 0) is 14.4 Å². The lowest BCUT2D eigenvalue weighted by Gasteiger charge is -2.43. The second-order valence-electron chi connectivity index (χ2n) is 8.90. The van der Waals surface area contributed by atoms with Crippen molar-refractivity contribution >= 4 is 23.9 Å². The Bertz CT molecular complexity index is 864. The molecule has 1 aromatic rings. The van der Waals surface area contributed by atoms with Crippen molar-refractivity contribution in [1.29, 1.82) is 0 Å². The number of rotatable bonds is 2. The summed E-state index contributed by atoms with van der Waals surface area (Å²) < 4.78 is 5.46. The number of amides is 3. The molecule has 8 nitrogen and oxygen atoms in total. The van der Waals surface area contributed by atoms with Gasteiger partial charge in [-0.15, -0.1) is 0 Å². The van der Waals surface area contributed by atoms with Crippen LogP contribution in [0.25, 0.3) is 0 Å². The van der Waals surface area contributed by atoms with E-state index in [-0.39, 0.29) is 16.5 Å². The van der Waals surface area contributed by atoms with E-state index in [0.717, 1.165) is 19.3 Å². The maximum Gasteiger partial charge on any atom is 0.411 e. The Labute approximate surface area is 168 Å². The molecule has 1 atom stereocenters. The van der Waals surface area contributed by atoms with Gasteiger partial charge in [0, 0.05) is 12.0 Å². The Balaban J connectivity index is 1.56. The van der Waals surface area contributed by atoms with Crippen molar-refractivity contribution in [1.82, 2.24) is 9.96 Å². The largest absolute Gasteiger partial charge is 0.444 e. The third-order valence-corrected chi connectivity index (χ3v) is 5.88. The van der Waals surface area contributed by atoms with Gasteiger partial charge in [-0.3, -0.25) is 14.5 Å². The van der Waals surface area contributed by atoms with E-state index in [1.54, 1.807) is 32.9 Å². The van der Waals surface area contributed by atoms with Crippen LogP contribution in [0.4, 0.5) is 4.79 Å². The highest BCUT2D eigenvalue weighted by Gasteiger charge is 2.58. The zero-order chi connectivity index (χ0) is 21.0. The quantitative estimate of drug-likeness (QED) is 0.709. The number of carbonyl (C=O) groups excluding carboxylic acids is 4. The second kappa shape index (κ2) is 6.57. The molecule has 4 rings (SSSR count). The summed E-state index contributed by atoms with van der Waals surface area (Å²) in [5, 5.41) is 0.505. The van der Waals surface area contributed by atoms with Crippen LogP contribution in [0.1, 0.15) is 67.2 Å². The maximum atomic E-state index is 13.1. The molecule has 1 unspecified atom stereocenters. The number of carbonyl (C=O) groups is 4. The molecule has 154 valence electrons. The molecule has 2 heterocycles. The van der Waals surface area contributed by atoms with Gasteiger partial charge >= 0.3 is 12.1 Å². The van der Waals surface area contributed by atoms with Gasteiger partial charge < -0.3 is 9.57 Å². The summed E-state index contributed by atoms with van der Waals surface area (Å²) in [6.07, 6.45) is 2.60. The molecule has 1 aromatic carbocycles. The van der Waals surface area contributed by atoms with E-state index >= 15 is 0 Å². The average molecular weight is 400 g/mol. The SMILES string of the molecule is CC(C)(C)OC(=O)N1CCC2(CCC2)C1C(=O)ON1C(=O)c2ccccc2C1=O. The molecule has 3 amide bonds. The number of hydrogen-bond donors (Lipinski definition) is 0. The van der Waals surface area contributed by atoms with Gasteiger partial charge in [-0.25, -0.2) is 9.59 Å². The molecule has 0 radical (unpaired) electrons. The smallest absolute Gasteiger partial charge is 0.411 e. The van der Waals surface area contributed by atoms with Crippen LogP contribution in [0.2, 0.25) is 0 Å². The number of imide groups is 1. The van der Waals surface area contributed by atoms with Crippen molar-refractivity contribution in [3.05, 3.63) is 35.4 Å². The number of hydrogen-bond acceptors (Lipinski definition) is 6. The first-order valence-electron chi connectivity index (χ1n) is 9.82. The predicted molar refractivity (Wildman–Crippen MR) is 101 cm³/mol. The fraction of sp³-hybridized carbons (Fsp3) is 0.524.